The minimum Gasteiger partial charge on any atom is -0.495 e. The van der Waals surface area contributed by atoms with Crippen LogP contribution in [0.15, 0.2) is 36.4 Å². The van der Waals surface area contributed by atoms with E-state index in [0.717, 1.165) is 16.1 Å². The summed E-state index contributed by atoms with van der Waals surface area (Å²) in [4.78, 5) is 14.6. The van der Waals surface area contributed by atoms with Crippen molar-refractivity contribution in [1.82, 2.24) is 4.90 Å². The number of anilines is 1. The molecule has 0 heterocycles. The molecule has 0 aliphatic rings. The highest BCUT2D eigenvalue weighted by molar-refractivity contribution is 7.92. The van der Waals surface area contributed by atoms with Gasteiger partial charge in [0.1, 0.15) is 11.8 Å². The average Bonchev–Trinajstić information content (AvgIpc) is 2.72. The molecule has 0 aromatic heterocycles. The van der Waals surface area contributed by atoms with Gasteiger partial charge in [-0.3, -0.25) is 9.10 Å². The number of halogens is 1. The number of carbonyl (C=O) groups excluding carboxylic acids is 1. The van der Waals surface area contributed by atoms with Gasteiger partial charge in [0.15, 0.2) is 11.5 Å². The standard InChI is InChI=1S/C21H27ClN2O6S/c1-14(24(31(6,26)27)16-8-10-18(28-3)17(22)12-16)21(25)23(2)13-15-7-9-19(29-4)20(11-15)30-5/h7-12,14H,13H2,1-6H3. The largest absolute Gasteiger partial charge is 0.495 e. The van der Waals surface area contributed by atoms with Crippen molar-refractivity contribution in [3.05, 3.63) is 47.0 Å². The summed E-state index contributed by atoms with van der Waals surface area (Å²) >= 11 is 6.17. The molecule has 0 fully saturated rings. The molecule has 2 aromatic rings. The molecule has 1 amide bonds. The Morgan fingerprint density at radius 3 is 2.10 bits per heavy atom. The Hall–Kier alpha value is -2.65. The first-order chi connectivity index (χ1) is 14.5. The van der Waals surface area contributed by atoms with Crippen LogP contribution < -0.4 is 18.5 Å². The Labute approximate surface area is 188 Å². The summed E-state index contributed by atoms with van der Waals surface area (Å²) in [5, 5.41) is 0.243. The number of carbonyl (C=O) groups is 1. The summed E-state index contributed by atoms with van der Waals surface area (Å²) < 4.78 is 41.8. The summed E-state index contributed by atoms with van der Waals surface area (Å²) in [7, 11) is 2.37. The fourth-order valence-electron chi connectivity index (χ4n) is 3.24. The molecule has 0 saturated carbocycles. The molecule has 0 spiro atoms. The Kier molecular flexibility index (Phi) is 8.02. The molecular weight excluding hydrogens is 444 g/mol. The van der Waals surface area contributed by atoms with Gasteiger partial charge in [-0.1, -0.05) is 17.7 Å². The molecule has 31 heavy (non-hydrogen) atoms. The van der Waals surface area contributed by atoms with Crippen LogP contribution in [0.3, 0.4) is 0 Å². The molecule has 10 heteroatoms. The van der Waals surface area contributed by atoms with Gasteiger partial charge in [-0.2, -0.15) is 0 Å². The van der Waals surface area contributed by atoms with Crippen molar-refractivity contribution in [1.29, 1.82) is 0 Å². The van der Waals surface area contributed by atoms with Crippen LogP contribution in [-0.4, -0.2) is 59.9 Å². The summed E-state index contributed by atoms with van der Waals surface area (Å²) in [6, 6.07) is 8.89. The molecule has 0 N–H and O–H groups in total. The highest BCUT2D eigenvalue weighted by Gasteiger charge is 2.31. The quantitative estimate of drug-likeness (QED) is 0.559. The molecule has 0 saturated heterocycles. The van der Waals surface area contributed by atoms with Gasteiger partial charge in [0.05, 0.1) is 38.3 Å². The van der Waals surface area contributed by atoms with E-state index in [9.17, 15) is 13.2 Å². The van der Waals surface area contributed by atoms with Crippen LogP contribution in [0.25, 0.3) is 0 Å². The summed E-state index contributed by atoms with van der Waals surface area (Å²) in [5.41, 5.74) is 1.08. The Bertz CT molecular complexity index is 1040. The fraction of sp³-hybridized carbons (Fsp3) is 0.381. The maximum atomic E-state index is 13.1. The smallest absolute Gasteiger partial charge is 0.246 e. The number of nitrogens with zero attached hydrogens (tertiary/aromatic N) is 2. The van der Waals surface area contributed by atoms with Crippen molar-refractivity contribution in [2.45, 2.75) is 19.5 Å². The van der Waals surface area contributed by atoms with Crippen LogP contribution in [0.5, 0.6) is 17.2 Å². The first-order valence-corrected chi connectivity index (χ1v) is 11.5. The van der Waals surface area contributed by atoms with Gasteiger partial charge in [0.25, 0.3) is 0 Å². The van der Waals surface area contributed by atoms with E-state index in [0.29, 0.717) is 17.2 Å². The minimum absolute atomic E-state index is 0.243. The topological polar surface area (TPSA) is 85.4 Å². The van der Waals surface area contributed by atoms with Gasteiger partial charge in [0.2, 0.25) is 15.9 Å². The molecule has 0 aliphatic heterocycles. The van der Waals surface area contributed by atoms with Gasteiger partial charge in [0, 0.05) is 13.6 Å². The highest BCUT2D eigenvalue weighted by atomic mass is 35.5. The van der Waals surface area contributed by atoms with Gasteiger partial charge in [-0.15, -0.1) is 0 Å². The third-order valence-corrected chi connectivity index (χ3v) is 6.24. The second-order valence-corrected chi connectivity index (χ2v) is 9.20. The highest BCUT2D eigenvalue weighted by Crippen LogP contribution is 2.32. The van der Waals surface area contributed by atoms with Crippen molar-refractivity contribution in [3.8, 4) is 17.2 Å². The van der Waals surface area contributed by atoms with E-state index < -0.39 is 16.1 Å². The maximum Gasteiger partial charge on any atom is 0.246 e. The van der Waals surface area contributed by atoms with E-state index in [4.69, 9.17) is 25.8 Å². The number of likely N-dealkylation sites (N-methyl/N-ethyl adjacent to an activating group) is 1. The zero-order valence-corrected chi connectivity index (χ0v) is 20.0. The zero-order chi connectivity index (χ0) is 23.3. The van der Waals surface area contributed by atoms with E-state index in [1.807, 2.05) is 6.07 Å². The Morgan fingerprint density at radius 1 is 1.00 bits per heavy atom. The van der Waals surface area contributed by atoms with E-state index >= 15 is 0 Å². The predicted octanol–water partition coefficient (Wildman–Crippen LogP) is 3.18. The van der Waals surface area contributed by atoms with Crippen molar-refractivity contribution in [2.75, 3.05) is 38.9 Å². The summed E-state index contributed by atoms with van der Waals surface area (Å²) in [6.45, 7) is 1.79. The van der Waals surface area contributed by atoms with Crippen LogP contribution in [0.1, 0.15) is 12.5 Å². The monoisotopic (exact) mass is 470 g/mol. The normalized spacial score (nSPS) is 12.1. The molecule has 1 unspecified atom stereocenters. The molecule has 2 rings (SSSR count). The first-order valence-electron chi connectivity index (χ1n) is 9.32. The van der Waals surface area contributed by atoms with Gasteiger partial charge in [-0.25, -0.2) is 8.42 Å². The first kappa shape index (κ1) is 24.6. The van der Waals surface area contributed by atoms with Crippen LogP contribution in [0.4, 0.5) is 5.69 Å². The van der Waals surface area contributed by atoms with Crippen molar-refractivity contribution < 1.29 is 27.4 Å². The third kappa shape index (κ3) is 5.74. The van der Waals surface area contributed by atoms with Gasteiger partial charge >= 0.3 is 0 Å². The lowest BCUT2D eigenvalue weighted by molar-refractivity contribution is -0.131. The number of hydrogen-bond acceptors (Lipinski definition) is 6. The molecule has 2 aromatic carbocycles. The SMILES string of the molecule is COc1ccc(N(C(C)C(=O)N(C)Cc2ccc(OC)c(OC)c2)S(C)(=O)=O)cc1Cl. The zero-order valence-electron chi connectivity index (χ0n) is 18.4. The lowest BCUT2D eigenvalue weighted by Crippen LogP contribution is -2.48. The molecule has 0 bridgehead atoms. The molecule has 0 radical (unpaired) electrons. The van der Waals surface area contributed by atoms with E-state index in [2.05, 4.69) is 0 Å². The number of methoxy groups -OCH3 is 3. The van der Waals surface area contributed by atoms with E-state index in [1.54, 1.807) is 38.4 Å². The van der Waals surface area contributed by atoms with Crippen molar-refractivity contribution in [3.63, 3.8) is 0 Å². The second kappa shape index (κ2) is 10.1. The lowest BCUT2D eigenvalue weighted by Gasteiger charge is -2.31. The number of sulfonamides is 1. The number of benzene rings is 2. The van der Waals surface area contributed by atoms with E-state index in [1.165, 1.54) is 32.1 Å². The second-order valence-electron chi connectivity index (χ2n) is 6.94. The van der Waals surface area contributed by atoms with Crippen molar-refractivity contribution >= 4 is 33.2 Å². The number of rotatable bonds is 9. The molecule has 8 nitrogen and oxygen atoms in total. The molecule has 170 valence electrons. The number of ether oxygens (including phenoxy) is 3. The molecular formula is C21H27ClN2O6S. The fourth-order valence-corrected chi connectivity index (χ4v) is 4.66. The third-order valence-electron chi connectivity index (χ3n) is 4.70. The van der Waals surface area contributed by atoms with Crippen LogP contribution in [0, 0.1) is 0 Å². The molecule has 1 atom stereocenters. The van der Waals surface area contributed by atoms with Crippen LogP contribution in [-0.2, 0) is 21.4 Å². The van der Waals surface area contributed by atoms with Crippen LogP contribution >= 0.6 is 11.6 Å². The predicted molar refractivity (Wildman–Crippen MR) is 121 cm³/mol. The maximum absolute atomic E-state index is 13.1. The summed E-state index contributed by atoms with van der Waals surface area (Å²) in [5.74, 6) is 1.14. The summed E-state index contributed by atoms with van der Waals surface area (Å²) in [6.07, 6.45) is 1.04. The lowest BCUT2D eigenvalue weighted by atomic mass is 10.1. The molecule has 0 aliphatic carbocycles. The van der Waals surface area contributed by atoms with Crippen molar-refractivity contribution in [2.24, 2.45) is 0 Å². The Balaban J connectivity index is 2.30. The number of hydrogen-bond donors (Lipinski definition) is 0. The average molecular weight is 471 g/mol. The van der Waals surface area contributed by atoms with Gasteiger partial charge < -0.3 is 19.1 Å². The van der Waals surface area contributed by atoms with E-state index in [-0.39, 0.29) is 23.2 Å². The minimum atomic E-state index is -3.77. The van der Waals surface area contributed by atoms with Gasteiger partial charge in [-0.05, 0) is 42.8 Å². The Morgan fingerprint density at radius 2 is 1.58 bits per heavy atom. The number of amides is 1. The van der Waals surface area contributed by atoms with Crippen LogP contribution in [0.2, 0.25) is 5.02 Å².